The summed E-state index contributed by atoms with van der Waals surface area (Å²) in [6, 6.07) is 8.93. The van der Waals surface area contributed by atoms with Crippen molar-refractivity contribution in [1.82, 2.24) is 4.98 Å². The number of carbonyl (C=O) groups is 1. The van der Waals surface area contributed by atoms with E-state index in [1.54, 1.807) is 6.92 Å². The van der Waals surface area contributed by atoms with E-state index in [9.17, 15) is 4.79 Å². The average Bonchev–Trinajstić information content (AvgIpc) is 2.45. The maximum Gasteiger partial charge on any atom is 0.328 e. The molecule has 2 aromatic rings. The fourth-order valence-electron chi connectivity index (χ4n) is 1.85. The first-order valence-corrected chi connectivity index (χ1v) is 6.47. The van der Waals surface area contributed by atoms with Gasteiger partial charge in [-0.25, -0.2) is 9.78 Å². The molecule has 0 saturated carbocycles. The first-order valence-electron chi connectivity index (χ1n) is 6.07. The highest BCUT2D eigenvalue weighted by Gasteiger charge is 2.17. The van der Waals surface area contributed by atoms with Crippen molar-refractivity contribution in [1.29, 1.82) is 0 Å². The van der Waals surface area contributed by atoms with Gasteiger partial charge in [-0.2, -0.15) is 0 Å². The zero-order valence-electron chi connectivity index (χ0n) is 11.2. The van der Waals surface area contributed by atoms with E-state index in [1.165, 1.54) is 7.11 Å². The lowest BCUT2D eigenvalue weighted by Crippen LogP contribution is -2.29. The number of anilines is 1. The van der Waals surface area contributed by atoms with Gasteiger partial charge in [-0.1, -0.05) is 30.4 Å². The highest BCUT2D eigenvalue weighted by atomic mass is 32.1. The molecule has 1 aromatic heterocycles. The number of nitrogens with zero attached hydrogens (tertiary/aromatic N) is 1. The van der Waals surface area contributed by atoms with Crippen LogP contribution in [0.15, 0.2) is 30.3 Å². The summed E-state index contributed by atoms with van der Waals surface area (Å²) < 4.78 is 4.68. The number of hydrogen-bond donors (Lipinski definition) is 2. The fraction of sp³-hybridized carbons (Fsp3) is 0.214. The number of carbonyl (C=O) groups excluding carboxylic acids is 1. The molecule has 0 fully saturated rings. The van der Waals surface area contributed by atoms with E-state index in [0.29, 0.717) is 11.4 Å². The second kappa shape index (κ2) is 5.83. The van der Waals surface area contributed by atoms with Crippen LogP contribution in [0.25, 0.3) is 10.9 Å². The van der Waals surface area contributed by atoms with E-state index in [1.807, 2.05) is 30.3 Å². The normalized spacial score (nSPS) is 11.9. The Labute approximate surface area is 122 Å². The summed E-state index contributed by atoms with van der Waals surface area (Å²) in [5.74, 6) is 0.1000. The molecule has 0 aliphatic carbocycles. The molecule has 1 atom stereocenters. The molecule has 104 valence electrons. The summed E-state index contributed by atoms with van der Waals surface area (Å²) in [6.45, 7) is 1.69. The number of rotatable bonds is 4. The van der Waals surface area contributed by atoms with Crippen molar-refractivity contribution in [3.63, 3.8) is 0 Å². The number of hydrogen-bond acceptors (Lipinski definition) is 5. The van der Waals surface area contributed by atoms with Crippen LogP contribution in [0.1, 0.15) is 12.5 Å². The Morgan fingerprint density at radius 2 is 2.15 bits per heavy atom. The minimum atomic E-state index is -0.540. The highest BCUT2D eigenvalue weighted by Crippen LogP contribution is 2.21. The second-order valence-corrected chi connectivity index (χ2v) is 4.77. The molecule has 3 N–H and O–H groups in total. The van der Waals surface area contributed by atoms with Crippen LogP contribution in [-0.2, 0) is 9.53 Å². The van der Waals surface area contributed by atoms with Gasteiger partial charge in [-0.3, -0.25) is 0 Å². The number of thiocarbonyl (C=S) groups is 1. The van der Waals surface area contributed by atoms with E-state index in [-0.39, 0.29) is 11.0 Å². The SMILES string of the molecule is COC(=O)C(C)Nc1nc2ccccc2cc1C(N)=S. The van der Waals surface area contributed by atoms with Crippen molar-refractivity contribution in [3.05, 3.63) is 35.9 Å². The van der Waals surface area contributed by atoms with Gasteiger partial charge in [0.25, 0.3) is 0 Å². The number of fused-ring (bicyclic) bond motifs is 1. The van der Waals surface area contributed by atoms with Crippen LogP contribution in [0.4, 0.5) is 5.82 Å². The third kappa shape index (κ3) is 2.85. The van der Waals surface area contributed by atoms with E-state index >= 15 is 0 Å². The van der Waals surface area contributed by atoms with Gasteiger partial charge in [-0.15, -0.1) is 0 Å². The Balaban J connectivity index is 2.47. The third-order valence-electron chi connectivity index (χ3n) is 2.90. The standard InChI is InChI=1S/C14H15N3O2S/c1-8(14(18)19-2)16-13-10(12(15)20)7-9-5-3-4-6-11(9)17-13/h3-8H,1-2H3,(H2,15,20)(H,16,17). The molecule has 6 heteroatoms. The molecule has 1 unspecified atom stereocenters. The molecular weight excluding hydrogens is 274 g/mol. The van der Waals surface area contributed by atoms with Crippen LogP contribution in [0.5, 0.6) is 0 Å². The van der Waals surface area contributed by atoms with Gasteiger partial charge in [-0.05, 0) is 19.1 Å². The smallest absolute Gasteiger partial charge is 0.328 e. The molecular formula is C14H15N3O2S. The first-order chi connectivity index (χ1) is 9.52. The molecule has 0 aliphatic heterocycles. The molecule has 0 spiro atoms. The topological polar surface area (TPSA) is 77.2 Å². The number of ether oxygens (including phenoxy) is 1. The van der Waals surface area contributed by atoms with E-state index in [4.69, 9.17) is 18.0 Å². The molecule has 0 radical (unpaired) electrons. The maximum absolute atomic E-state index is 11.5. The molecule has 5 nitrogen and oxygen atoms in total. The van der Waals surface area contributed by atoms with Crippen LogP contribution < -0.4 is 11.1 Å². The van der Waals surface area contributed by atoms with Crippen molar-refractivity contribution < 1.29 is 9.53 Å². The van der Waals surface area contributed by atoms with E-state index < -0.39 is 6.04 Å². The zero-order valence-corrected chi connectivity index (χ0v) is 12.0. The number of esters is 1. The number of methoxy groups -OCH3 is 1. The Bertz CT molecular complexity index is 673. The fourth-order valence-corrected chi connectivity index (χ4v) is 2.01. The summed E-state index contributed by atoms with van der Waals surface area (Å²) in [6.07, 6.45) is 0. The molecule has 1 aromatic carbocycles. The van der Waals surface area contributed by atoms with Gasteiger partial charge in [0, 0.05) is 5.39 Å². The minimum absolute atomic E-state index is 0.225. The van der Waals surface area contributed by atoms with Crippen LogP contribution in [0.2, 0.25) is 0 Å². The molecule has 2 rings (SSSR count). The van der Waals surface area contributed by atoms with Crippen LogP contribution in [-0.4, -0.2) is 29.1 Å². The van der Waals surface area contributed by atoms with Crippen molar-refractivity contribution in [2.24, 2.45) is 5.73 Å². The van der Waals surface area contributed by atoms with Gasteiger partial charge in [0.2, 0.25) is 0 Å². The average molecular weight is 289 g/mol. The summed E-state index contributed by atoms with van der Waals surface area (Å²) >= 11 is 5.04. The summed E-state index contributed by atoms with van der Waals surface area (Å²) in [7, 11) is 1.34. The van der Waals surface area contributed by atoms with Crippen molar-refractivity contribution in [2.75, 3.05) is 12.4 Å². The second-order valence-electron chi connectivity index (χ2n) is 4.33. The monoisotopic (exact) mass is 289 g/mol. The molecule has 0 saturated heterocycles. The van der Waals surface area contributed by atoms with Crippen LogP contribution in [0.3, 0.4) is 0 Å². The van der Waals surface area contributed by atoms with Crippen molar-refractivity contribution in [2.45, 2.75) is 13.0 Å². The third-order valence-corrected chi connectivity index (χ3v) is 3.12. The van der Waals surface area contributed by atoms with Gasteiger partial charge in [0.15, 0.2) is 0 Å². The highest BCUT2D eigenvalue weighted by molar-refractivity contribution is 7.80. The molecule has 0 bridgehead atoms. The Kier molecular flexibility index (Phi) is 4.14. The summed E-state index contributed by atoms with van der Waals surface area (Å²) in [5.41, 5.74) is 7.13. The number of nitrogens with one attached hydrogen (secondary N) is 1. The number of nitrogens with two attached hydrogens (primary N) is 1. The van der Waals surface area contributed by atoms with E-state index in [2.05, 4.69) is 15.0 Å². The predicted molar refractivity (Wildman–Crippen MR) is 82.7 cm³/mol. The van der Waals surface area contributed by atoms with Crippen molar-refractivity contribution >= 4 is 39.9 Å². The van der Waals surface area contributed by atoms with Gasteiger partial charge < -0.3 is 15.8 Å². The minimum Gasteiger partial charge on any atom is -0.467 e. The van der Waals surface area contributed by atoms with Gasteiger partial charge in [0.1, 0.15) is 16.8 Å². The predicted octanol–water partition coefficient (Wildman–Crippen LogP) is 1.84. The summed E-state index contributed by atoms with van der Waals surface area (Å²) in [5, 5.41) is 3.92. The zero-order chi connectivity index (χ0) is 14.7. The largest absolute Gasteiger partial charge is 0.467 e. The lowest BCUT2D eigenvalue weighted by atomic mass is 10.1. The molecule has 1 heterocycles. The van der Waals surface area contributed by atoms with Gasteiger partial charge >= 0.3 is 5.97 Å². The van der Waals surface area contributed by atoms with E-state index in [0.717, 1.165) is 10.9 Å². The molecule has 0 amide bonds. The lowest BCUT2D eigenvalue weighted by molar-refractivity contribution is -0.141. The maximum atomic E-state index is 11.5. The first kappa shape index (κ1) is 14.2. The lowest BCUT2D eigenvalue weighted by Gasteiger charge is -2.15. The van der Waals surface area contributed by atoms with Gasteiger partial charge in [0.05, 0.1) is 18.2 Å². The molecule has 20 heavy (non-hydrogen) atoms. The summed E-state index contributed by atoms with van der Waals surface area (Å²) in [4.78, 5) is 16.2. The molecule has 0 aliphatic rings. The number of aromatic nitrogens is 1. The quantitative estimate of drug-likeness (QED) is 0.660. The Morgan fingerprint density at radius 1 is 1.45 bits per heavy atom. The van der Waals surface area contributed by atoms with Crippen LogP contribution in [0, 0.1) is 0 Å². The Hall–Kier alpha value is -2.21. The number of pyridine rings is 1. The van der Waals surface area contributed by atoms with Crippen molar-refractivity contribution in [3.8, 4) is 0 Å². The Morgan fingerprint density at radius 3 is 2.80 bits per heavy atom. The van der Waals surface area contributed by atoms with Crippen LogP contribution >= 0.6 is 12.2 Å². The number of para-hydroxylation sites is 1. The number of benzene rings is 1.